The lowest BCUT2D eigenvalue weighted by atomic mass is 9.98. The Hall–Kier alpha value is -1.15. The molecule has 9 atom stereocenters. The highest BCUT2D eigenvalue weighted by Crippen LogP contribution is 2.24. The molecule has 9 unspecified atom stereocenters. The third-order valence-electron chi connectivity index (χ3n) is 14.8. The van der Waals surface area contributed by atoms with E-state index in [-0.39, 0.29) is 6.42 Å². The number of aliphatic hydroxyl groups excluding tert-OH is 7. The van der Waals surface area contributed by atoms with Gasteiger partial charge >= 0.3 is 0 Å². The van der Waals surface area contributed by atoms with Crippen molar-refractivity contribution in [1.29, 1.82) is 0 Å². The first-order valence-electron chi connectivity index (χ1n) is 30.1. The minimum Gasteiger partial charge on any atom is -0.394 e. The van der Waals surface area contributed by atoms with Crippen LogP contribution >= 0.6 is 0 Å². The van der Waals surface area contributed by atoms with Gasteiger partial charge in [0.25, 0.3) is 0 Å². The molecule has 0 aromatic rings. The summed E-state index contributed by atoms with van der Waals surface area (Å²) in [6, 6.07) is -1.17. The molecule has 1 fully saturated rings. The molecule has 1 aliphatic rings. The van der Waals surface area contributed by atoms with Crippen molar-refractivity contribution in [1.82, 2.24) is 5.32 Å². The fourth-order valence-electron chi connectivity index (χ4n) is 9.91. The standard InChI is InChI=1S/C59H115NO10/c1-3-5-7-9-11-13-15-17-19-20-21-22-23-24-25-26-27-28-29-30-31-32-33-35-36-38-40-42-44-46-51(62)54(64)50(49-69-59-57(67)56(66)55(65)53(48-61)70-59)60-58(68)52(63)47-45-43-41-39-37-34-18-16-14-12-10-8-6-4-2/h14,16,50-57,59,61-67H,3-13,15,17-49H2,1-2H3,(H,60,68)/b16-14-. The van der Waals surface area contributed by atoms with Gasteiger partial charge in [0.15, 0.2) is 6.29 Å². The minimum absolute atomic E-state index is 0.255. The van der Waals surface area contributed by atoms with Gasteiger partial charge < -0.3 is 50.5 Å². The van der Waals surface area contributed by atoms with Crippen molar-refractivity contribution in [2.24, 2.45) is 0 Å². The number of allylic oxidation sites excluding steroid dienone is 2. The quantitative estimate of drug-likeness (QED) is 0.0215. The van der Waals surface area contributed by atoms with Crippen LogP contribution in [0.5, 0.6) is 0 Å². The summed E-state index contributed by atoms with van der Waals surface area (Å²) in [6.07, 6.45) is 45.7. The number of ether oxygens (including phenoxy) is 2. The molecule has 0 radical (unpaired) electrons. The minimum atomic E-state index is -1.66. The zero-order valence-electron chi connectivity index (χ0n) is 45.5. The Morgan fingerprint density at radius 2 is 0.829 bits per heavy atom. The zero-order valence-corrected chi connectivity index (χ0v) is 45.5. The Morgan fingerprint density at radius 1 is 0.486 bits per heavy atom. The lowest BCUT2D eigenvalue weighted by Gasteiger charge is -2.40. The Balaban J connectivity index is 2.22. The van der Waals surface area contributed by atoms with Crippen molar-refractivity contribution in [3.63, 3.8) is 0 Å². The largest absolute Gasteiger partial charge is 0.394 e. The molecular formula is C59H115NO10. The number of nitrogens with one attached hydrogen (secondary N) is 1. The second-order valence-electron chi connectivity index (χ2n) is 21.4. The van der Waals surface area contributed by atoms with E-state index in [1.54, 1.807) is 0 Å². The van der Waals surface area contributed by atoms with Gasteiger partial charge in [0.2, 0.25) is 5.91 Å². The van der Waals surface area contributed by atoms with Crippen LogP contribution in [-0.2, 0) is 14.3 Å². The average molecular weight is 999 g/mol. The van der Waals surface area contributed by atoms with E-state index in [0.29, 0.717) is 19.3 Å². The van der Waals surface area contributed by atoms with Crippen LogP contribution in [0.2, 0.25) is 0 Å². The van der Waals surface area contributed by atoms with E-state index in [4.69, 9.17) is 9.47 Å². The van der Waals surface area contributed by atoms with Gasteiger partial charge in [0.05, 0.1) is 25.4 Å². The van der Waals surface area contributed by atoms with Gasteiger partial charge in [0.1, 0.15) is 36.6 Å². The molecule has 1 aliphatic heterocycles. The summed E-state index contributed by atoms with van der Waals surface area (Å²) >= 11 is 0. The van der Waals surface area contributed by atoms with Crippen LogP contribution in [0.1, 0.15) is 290 Å². The molecule has 70 heavy (non-hydrogen) atoms. The molecule has 0 saturated carbocycles. The SMILES string of the molecule is CCCCCC/C=C\CCCCCCCCC(O)C(=O)NC(COC1OC(CO)C(O)C(O)C1O)C(O)C(O)CCCCCCCCCCCCCCCCCCCCCCCCCCCCCCC. The van der Waals surface area contributed by atoms with Gasteiger partial charge in [-0.3, -0.25) is 4.79 Å². The van der Waals surface area contributed by atoms with E-state index in [9.17, 15) is 40.5 Å². The van der Waals surface area contributed by atoms with Gasteiger partial charge in [-0.2, -0.15) is 0 Å². The first-order chi connectivity index (χ1) is 34.2. The smallest absolute Gasteiger partial charge is 0.249 e. The molecule has 1 heterocycles. The Labute approximate surface area is 430 Å². The molecule has 0 aromatic heterocycles. The summed E-state index contributed by atoms with van der Waals surface area (Å²) in [7, 11) is 0. The second-order valence-corrected chi connectivity index (χ2v) is 21.4. The van der Waals surface area contributed by atoms with Gasteiger partial charge in [-0.25, -0.2) is 0 Å². The number of hydrogen-bond donors (Lipinski definition) is 8. The molecule has 1 amide bonds. The second kappa shape index (κ2) is 48.8. The Bertz CT molecular complexity index is 1140. The van der Waals surface area contributed by atoms with Gasteiger partial charge in [0, 0.05) is 0 Å². The highest BCUT2D eigenvalue weighted by molar-refractivity contribution is 5.80. The third-order valence-corrected chi connectivity index (χ3v) is 14.8. The zero-order chi connectivity index (χ0) is 51.1. The third kappa shape index (κ3) is 36.7. The Morgan fingerprint density at radius 3 is 1.21 bits per heavy atom. The van der Waals surface area contributed by atoms with E-state index < -0.39 is 74.2 Å². The van der Waals surface area contributed by atoms with Crippen molar-refractivity contribution in [2.45, 2.75) is 345 Å². The van der Waals surface area contributed by atoms with E-state index in [1.807, 2.05) is 0 Å². The number of carbonyl (C=O) groups is 1. The summed E-state index contributed by atoms with van der Waals surface area (Å²) in [5.41, 5.74) is 0. The van der Waals surface area contributed by atoms with E-state index in [0.717, 1.165) is 57.8 Å². The number of rotatable bonds is 52. The summed E-state index contributed by atoms with van der Waals surface area (Å²) in [4.78, 5) is 13.1. The predicted molar refractivity (Wildman–Crippen MR) is 289 cm³/mol. The molecule has 0 aromatic carbocycles. The number of unbranched alkanes of at least 4 members (excludes halogenated alkanes) is 38. The molecule has 0 aliphatic carbocycles. The Kier molecular flexibility index (Phi) is 46.6. The molecule has 0 spiro atoms. The number of amides is 1. The average Bonchev–Trinajstić information content (AvgIpc) is 3.36. The highest BCUT2D eigenvalue weighted by atomic mass is 16.7. The lowest BCUT2D eigenvalue weighted by molar-refractivity contribution is -0.303. The molecule has 11 heteroatoms. The highest BCUT2D eigenvalue weighted by Gasteiger charge is 2.44. The molecule has 0 bridgehead atoms. The summed E-state index contributed by atoms with van der Waals surface area (Å²) < 4.78 is 11.1. The van der Waals surface area contributed by atoms with Crippen molar-refractivity contribution < 1.29 is 50.0 Å². The molecule has 1 saturated heterocycles. The molecule has 416 valence electrons. The molecule has 11 nitrogen and oxygen atoms in total. The normalized spacial score (nSPS) is 20.3. The van der Waals surface area contributed by atoms with Crippen molar-refractivity contribution in [3.8, 4) is 0 Å². The number of carbonyl (C=O) groups excluding carboxylic acids is 1. The van der Waals surface area contributed by atoms with Crippen LogP contribution < -0.4 is 5.32 Å². The molecular weight excluding hydrogens is 883 g/mol. The van der Waals surface area contributed by atoms with Crippen LogP contribution in [-0.4, -0.2) is 110 Å². The lowest BCUT2D eigenvalue weighted by Crippen LogP contribution is -2.60. The van der Waals surface area contributed by atoms with E-state index >= 15 is 0 Å². The predicted octanol–water partition coefficient (Wildman–Crippen LogP) is 12.7. The van der Waals surface area contributed by atoms with Crippen LogP contribution in [0.3, 0.4) is 0 Å². The van der Waals surface area contributed by atoms with E-state index in [1.165, 1.54) is 193 Å². The van der Waals surface area contributed by atoms with Crippen LogP contribution in [0.4, 0.5) is 0 Å². The van der Waals surface area contributed by atoms with Crippen molar-refractivity contribution >= 4 is 5.91 Å². The van der Waals surface area contributed by atoms with Crippen LogP contribution in [0.25, 0.3) is 0 Å². The van der Waals surface area contributed by atoms with Crippen LogP contribution in [0, 0.1) is 0 Å². The maximum Gasteiger partial charge on any atom is 0.249 e. The summed E-state index contributed by atoms with van der Waals surface area (Å²) in [5.74, 6) is -0.698. The topological polar surface area (TPSA) is 189 Å². The summed E-state index contributed by atoms with van der Waals surface area (Å²) in [5, 5.41) is 76.1. The van der Waals surface area contributed by atoms with Gasteiger partial charge in [-0.1, -0.05) is 264 Å². The fourth-order valence-corrected chi connectivity index (χ4v) is 9.91. The monoisotopic (exact) mass is 998 g/mol. The van der Waals surface area contributed by atoms with E-state index in [2.05, 4.69) is 31.3 Å². The first-order valence-corrected chi connectivity index (χ1v) is 30.1. The van der Waals surface area contributed by atoms with Gasteiger partial charge in [-0.05, 0) is 38.5 Å². The van der Waals surface area contributed by atoms with Crippen molar-refractivity contribution in [3.05, 3.63) is 12.2 Å². The first kappa shape index (κ1) is 66.9. The summed E-state index contributed by atoms with van der Waals surface area (Å²) in [6.45, 7) is 3.47. The van der Waals surface area contributed by atoms with Crippen molar-refractivity contribution in [2.75, 3.05) is 13.2 Å². The fraction of sp³-hybridized carbons (Fsp3) is 0.949. The van der Waals surface area contributed by atoms with Gasteiger partial charge in [-0.15, -0.1) is 0 Å². The van der Waals surface area contributed by atoms with Crippen LogP contribution in [0.15, 0.2) is 12.2 Å². The molecule has 8 N–H and O–H groups in total. The number of hydrogen-bond acceptors (Lipinski definition) is 10. The molecule has 1 rings (SSSR count). The number of aliphatic hydroxyl groups is 7. The maximum atomic E-state index is 13.1. The maximum absolute atomic E-state index is 13.1.